The summed E-state index contributed by atoms with van der Waals surface area (Å²) < 4.78 is 16.2. The number of rotatable bonds is 12. The van der Waals surface area contributed by atoms with Crippen LogP contribution < -0.4 is 14.4 Å². The van der Waals surface area contributed by atoms with Crippen LogP contribution in [0.2, 0.25) is 0 Å². The van der Waals surface area contributed by atoms with E-state index < -0.39 is 5.97 Å². The van der Waals surface area contributed by atoms with E-state index in [4.69, 9.17) is 14.2 Å². The molecule has 4 rings (SSSR count). The predicted molar refractivity (Wildman–Crippen MR) is 140 cm³/mol. The number of ether oxygens (including phenoxy) is 3. The molecule has 7 heteroatoms. The van der Waals surface area contributed by atoms with Crippen LogP contribution in [0.3, 0.4) is 0 Å². The normalized spacial score (nSPS) is 12.5. The van der Waals surface area contributed by atoms with E-state index in [-0.39, 0.29) is 11.8 Å². The second-order valence-corrected chi connectivity index (χ2v) is 8.34. The fourth-order valence-corrected chi connectivity index (χ4v) is 3.74. The van der Waals surface area contributed by atoms with Gasteiger partial charge in [-0.2, -0.15) is 0 Å². The third-order valence-electron chi connectivity index (χ3n) is 5.68. The zero-order valence-electron chi connectivity index (χ0n) is 20.3. The molecule has 0 fully saturated rings. The molecule has 2 amide bonds. The second kappa shape index (κ2) is 12.4. The largest absolute Gasteiger partial charge is 0.502 e. The Kier molecular flexibility index (Phi) is 8.49. The molecule has 7 nitrogen and oxygen atoms in total. The first-order valence-electron chi connectivity index (χ1n) is 11.9. The number of hydrogen-bond acceptors (Lipinski definition) is 6. The van der Waals surface area contributed by atoms with Gasteiger partial charge in [0.15, 0.2) is 0 Å². The van der Waals surface area contributed by atoms with Crippen LogP contribution in [0.15, 0.2) is 97.8 Å². The van der Waals surface area contributed by atoms with Crippen molar-refractivity contribution in [3.63, 3.8) is 0 Å². The third-order valence-corrected chi connectivity index (χ3v) is 5.68. The topological polar surface area (TPSA) is 82.1 Å². The molecule has 0 saturated carbocycles. The van der Waals surface area contributed by atoms with Crippen LogP contribution in [0.5, 0.6) is 11.5 Å². The standard InChI is InChI=1S/C30H27NO6/c1-2-35-19-3-4-20-36-26-15-9-24(10-16-26)30(34)37-27-13-7-23(8-14-27)21-22-5-11-25(12-6-22)31-28(32)17-18-29(31)33/h2,5-18H,1,3-4,19-21H2. The predicted octanol–water partition coefficient (Wildman–Crippen LogP) is 5.25. The van der Waals surface area contributed by atoms with Crippen LogP contribution in [-0.2, 0) is 20.7 Å². The summed E-state index contributed by atoms with van der Waals surface area (Å²) in [5.41, 5.74) is 3.02. The van der Waals surface area contributed by atoms with Crippen molar-refractivity contribution < 1.29 is 28.6 Å². The van der Waals surface area contributed by atoms with Gasteiger partial charge in [-0.25, -0.2) is 9.69 Å². The Hall–Kier alpha value is -4.65. The molecule has 3 aromatic carbocycles. The number of anilines is 1. The average Bonchev–Trinajstić information content (AvgIpc) is 3.25. The van der Waals surface area contributed by atoms with Crippen LogP contribution in [-0.4, -0.2) is 31.0 Å². The van der Waals surface area contributed by atoms with Gasteiger partial charge in [-0.1, -0.05) is 30.8 Å². The molecule has 188 valence electrons. The van der Waals surface area contributed by atoms with Gasteiger partial charge >= 0.3 is 5.97 Å². The number of carbonyl (C=O) groups is 3. The first kappa shape index (κ1) is 25.4. The van der Waals surface area contributed by atoms with Crippen molar-refractivity contribution in [1.82, 2.24) is 0 Å². The molecule has 3 aromatic rings. The molecule has 0 unspecified atom stereocenters. The molecule has 1 aliphatic rings. The Morgan fingerprint density at radius 2 is 1.32 bits per heavy atom. The molecule has 0 N–H and O–H groups in total. The summed E-state index contributed by atoms with van der Waals surface area (Å²) in [7, 11) is 0. The zero-order chi connectivity index (χ0) is 26.0. The molecule has 0 atom stereocenters. The molecule has 0 saturated heterocycles. The highest BCUT2D eigenvalue weighted by atomic mass is 16.5. The number of imide groups is 1. The molecule has 0 aliphatic carbocycles. The van der Waals surface area contributed by atoms with Gasteiger partial charge in [0.25, 0.3) is 11.8 Å². The SMILES string of the molecule is C=COCCCCOc1ccc(C(=O)Oc2ccc(Cc3ccc(N4C(=O)C=CC4=O)cc3)cc2)cc1. The van der Waals surface area contributed by atoms with Gasteiger partial charge in [0.05, 0.1) is 30.7 Å². The van der Waals surface area contributed by atoms with Gasteiger partial charge in [-0.05, 0) is 78.9 Å². The summed E-state index contributed by atoms with van der Waals surface area (Å²) in [6, 6.07) is 21.4. The van der Waals surface area contributed by atoms with Gasteiger partial charge in [0.2, 0.25) is 0 Å². The van der Waals surface area contributed by atoms with Crippen molar-refractivity contribution in [2.24, 2.45) is 0 Å². The van der Waals surface area contributed by atoms with Gasteiger partial charge in [-0.15, -0.1) is 0 Å². The maximum absolute atomic E-state index is 12.5. The van der Waals surface area contributed by atoms with Gasteiger partial charge in [-0.3, -0.25) is 9.59 Å². The minimum absolute atomic E-state index is 0.339. The van der Waals surface area contributed by atoms with Crippen LogP contribution in [0.4, 0.5) is 5.69 Å². The fraction of sp³-hybridized carbons (Fsp3) is 0.167. The summed E-state index contributed by atoms with van der Waals surface area (Å²) in [5, 5.41) is 0. The lowest BCUT2D eigenvalue weighted by atomic mass is 10.0. The smallest absolute Gasteiger partial charge is 0.343 e. The highest BCUT2D eigenvalue weighted by Gasteiger charge is 2.24. The summed E-state index contributed by atoms with van der Waals surface area (Å²) in [4.78, 5) is 37.3. The molecule has 0 bridgehead atoms. The summed E-state index contributed by atoms with van der Waals surface area (Å²) in [5.74, 6) is 0.0118. The number of amides is 2. The number of esters is 1. The Morgan fingerprint density at radius 1 is 0.757 bits per heavy atom. The van der Waals surface area contributed by atoms with E-state index in [0.29, 0.717) is 42.4 Å². The fourth-order valence-electron chi connectivity index (χ4n) is 3.74. The number of carbonyl (C=O) groups excluding carboxylic acids is 3. The van der Waals surface area contributed by atoms with E-state index in [1.54, 1.807) is 48.5 Å². The van der Waals surface area contributed by atoms with E-state index in [9.17, 15) is 14.4 Å². The Bertz CT molecular complexity index is 1260. The minimum Gasteiger partial charge on any atom is -0.502 e. The summed E-state index contributed by atoms with van der Waals surface area (Å²) in [6.07, 6.45) is 6.34. The lowest BCUT2D eigenvalue weighted by molar-refractivity contribution is -0.119. The lowest BCUT2D eigenvalue weighted by Crippen LogP contribution is -2.29. The molecular weight excluding hydrogens is 470 g/mol. The van der Waals surface area contributed by atoms with Crippen molar-refractivity contribution in [3.05, 3.63) is 114 Å². The highest BCUT2D eigenvalue weighted by Crippen LogP contribution is 2.22. The molecular formula is C30H27NO6. The van der Waals surface area contributed by atoms with Gasteiger partial charge < -0.3 is 14.2 Å². The molecule has 0 radical (unpaired) electrons. The lowest BCUT2D eigenvalue weighted by Gasteiger charge is -2.14. The number of hydrogen-bond donors (Lipinski definition) is 0. The van der Waals surface area contributed by atoms with E-state index in [1.165, 1.54) is 18.4 Å². The zero-order valence-corrected chi connectivity index (χ0v) is 20.3. The monoisotopic (exact) mass is 497 g/mol. The first-order chi connectivity index (χ1) is 18.0. The van der Waals surface area contributed by atoms with Crippen LogP contribution in [0.1, 0.15) is 34.3 Å². The van der Waals surface area contributed by atoms with E-state index in [0.717, 1.165) is 28.9 Å². The first-order valence-corrected chi connectivity index (χ1v) is 11.9. The van der Waals surface area contributed by atoms with E-state index in [2.05, 4.69) is 6.58 Å². The van der Waals surface area contributed by atoms with Crippen molar-refractivity contribution >= 4 is 23.5 Å². The maximum Gasteiger partial charge on any atom is 0.343 e. The molecule has 0 spiro atoms. The third kappa shape index (κ3) is 6.95. The number of unbranched alkanes of at least 4 members (excludes halogenated alkanes) is 1. The molecule has 1 heterocycles. The summed E-state index contributed by atoms with van der Waals surface area (Å²) >= 11 is 0. The van der Waals surface area contributed by atoms with Crippen LogP contribution in [0.25, 0.3) is 0 Å². The van der Waals surface area contributed by atoms with Gasteiger partial charge in [0.1, 0.15) is 11.5 Å². The Labute approximate surface area is 215 Å². The van der Waals surface area contributed by atoms with Crippen LogP contribution >= 0.6 is 0 Å². The average molecular weight is 498 g/mol. The van der Waals surface area contributed by atoms with Gasteiger partial charge in [0, 0.05) is 12.2 Å². The molecule has 37 heavy (non-hydrogen) atoms. The quantitative estimate of drug-likeness (QED) is 0.112. The Morgan fingerprint density at radius 3 is 1.95 bits per heavy atom. The van der Waals surface area contributed by atoms with Crippen molar-refractivity contribution in [2.45, 2.75) is 19.3 Å². The Balaban J connectivity index is 1.25. The van der Waals surface area contributed by atoms with Crippen molar-refractivity contribution in [2.75, 3.05) is 18.1 Å². The maximum atomic E-state index is 12.5. The van der Waals surface area contributed by atoms with E-state index in [1.807, 2.05) is 24.3 Å². The number of benzene rings is 3. The number of nitrogens with zero attached hydrogens (tertiary/aromatic N) is 1. The second-order valence-electron chi connectivity index (χ2n) is 8.34. The van der Waals surface area contributed by atoms with Crippen molar-refractivity contribution in [1.29, 1.82) is 0 Å². The summed E-state index contributed by atoms with van der Waals surface area (Å²) in [6.45, 7) is 4.69. The van der Waals surface area contributed by atoms with E-state index >= 15 is 0 Å². The highest BCUT2D eigenvalue weighted by molar-refractivity contribution is 6.28. The minimum atomic E-state index is -0.447. The molecule has 0 aromatic heterocycles. The molecule has 1 aliphatic heterocycles. The van der Waals surface area contributed by atoms with Crippen LogP contribution in [0, 0.1) is 0 Å². The van der Waals surface area contributed by atoms with Crippen molar-refractivity contribution in [3.8, 4) is 11.5 Å².